The summed E-state index contributed by atoms with van der Waals surface area (Å²) < 4.78 is 0. The van der Waals surface area contributed by atoms with Crippen LogP contribution in [0.25, 0.3) is 0 Å². The van der Waals surface area contributed by atoms with E-state index in [2.05, 4.69) is 0 Å². The fourth-order valence-corrected chi connectivity index (χ4v) is 1.67. The molecule has 0 aliphatic heterocycles. The first-order valence-corrected chi connectivity index (χ1v) is 4.67. The molecule has 0 bridgehead atoms. The Morgan fingerprint density at radius 2 is 2.17 bits per heavy atom. The number of nitro benzene ring substituents is 1. The Kier molecular flexibility index (Phi) is 2.70. The van der Waals surface area contributed by atoms with Gasteiger partial charge in [-0.2, -0.15) is 0 Å². The molecule has 64 valence electrons. The average molecular weight is 183 g/mol. The van der Waals surface area contributed by atoms with E-state index < -0.39 is 0 Å². The molecule has 0 atom stereocenters. The fourth-order valence-electron chi connectivity index (χ4n) is 1.03. The second kappa shape index (κ2) is 3.58. The maximum Gasteiger partial charge on any atom is 0.285 e. The predicted octanol–water partition coefficient (Wildman–Crippen LogP) is 2.63. The molecule has 0 aliphatic carbocycles. The van der Waals surface area contributed by atoms with Crippen LogP contribution < -0.4 is 0 Å². The quantitative estimate of drug-likeness (QED) is 0.402. The lowest BCUT2D eigenvalue weighted by atomic mass is 10.2. The van der Waals surface area contributed by atoms with Crippen molar-refractivity contribution in [3.8, 4) is 0 Å². The summed E-state index contributed by atoms with van der Waals surface area (Å²) in [4.78, 5) is 11.0. The van der Waals surface area contributed by atoms with Crippen LogP contribution in [0.5, 0.6) is 0 Å². The molecule has 4 heteroatoms. The lowest BCUT2D eigenvalue weighted by Crippen LogP contribution is -1.93. The average Bonchev–Trinajstić information content (AvgIpc) is 2.03. The number of nitro groups is 1. The Hall–Kier alpha value is -1.03. The summed E-state index contributed by atoms with van der Waals surface area (Å²) in [6.45, 7) is 1.75. The number of hydrogen-bond acceptors (Lipinski definition) is 3. The van der Waals surface area contributed by atoms with Gasteiger partial charge in [0, 0.05) is 5.56 Å². The Morgan fingerprint density at radius 3 is 2.58 bits per heavy atom. The molecule has 0 aliphatic rings. The van der Waals surface area contributed by atoms with Crippen LogP contribution in [-0.4, -0.2) is 11.2 Å². The van der Waals surface area contributed by atoms with Crippen LogP contribution in [0.4, 0.5) is 5.69 Å². The second-order valence-electron chi connectivity index (χ2n) is 2.38. The van der Waals surface area contributed by atoms with E-state index in [0.29, 0.717) is 5.56 Å². The summed E-state index contributed by atoms with van der Waals surface area (Å²) in [6.07, 6.45) is 1.84. The predicted molar refractivity (Wildman–Crippen MR) is 49.6 cm³/mol. The number of benzene rings is 1. The molecule has 0 fully saturated rings. The van der Waals surface area contributed by atoms with Crippen molar-refractivity contribution in [3.63, 3.8) is 0 Å². The van der Waals surface area contributed by atoms with Crippen LogP contribution in [0.3, 0.4) is 0 Å². The lowest BCUT2D eigenvalue weighted by Gasteiger charge is -2.00. The van der Waals surface area contributed by atoms with Crippen molar-refractivity contribution in [2.75, 3.05) is 6.26 Å². The SMILES string of the molecule is CSc1cccc(C)c1[N+](=O)[O-]. The van der Waals surface area contributed by atoms with Gasteiger partial charge in [0.1, 0.15) is 0 Å². The molecule has 0 N–H and O–H groups in total. The van der Waals surface area contributed by atoms with Gasteiger partial charge >= 0.3 is 0 Å². The summed E-state index contributed by atoms with van der Waals surface area (Å²) in [5, 5.41) is 10.6. The Balaban J connectivity index is 3.29. The number of nitrogens with zero attached hydrogens (tertiary/aromatic N) is 1. The molecule has 0 unspecified atom stereocenters. The van der Waals surface area contributed by atoms with Gasteiger partial charge in [0.25, 0.3) is 5.69 Å². The third-order valence-corrected chi connectivity index (χ3v) is 2.37. The van der Waals surface area contributed by atoms with Crippen LogP contribution in [0.1, 0.15) is 5.56 Å². The zero-order chi connectivity index (χ0) is 9.14. The molecule has 1 aromatic rings. The van der Waals surface area contributed by atoms with Gasteiger partial charge in [-0.15, -0.1) is 11.8 Å². The number of thioether (sulfide) groups is 1. The van der Waals surface area contributed by atoms with Gasteiger partial charge in [-0.25, -0.2) is 0 Å². The zero-order valence-corrected chi connectivity index (χ0v) is 7.72. The highest BCUT2D eigenvalue weighted by molar-refractivity contribution is 7.98. The molecular formula is C8H9NO2S. The van der Waals surface area contributed by atoms with Crippen molar-refractivity contribution >= 4 is 17.4 Å². The molecule has 0 radical (unpaired) electrons. The monoisotopic (exact) mass is 183 g/mol. The van der Waals surface area contributed by atoms with Crippen LogP contribution in [0, 0.1) is 17.0 Å². The fraction of sp³-hybridized carbons (Fsp3) is 0.250. The zero-order valence-electron chi connectivity index (χ0n) is 6.90. The largest absolute Gasteiger partial charge is 0.285 e. The van der Waals surface area contributed by atoms with Gasteiger partial charge in [-0.3, -0.25) is 10.1 Å². The van der Waals surface area contributed by atoms with Gasteiger partial charge in [-0.1, -0.05) is 12.1 Å². The molecule has 0 aromatic heterocycles. The molecule has 0 spiro atoms. The van der Waals surface area contributed by atoms with Crippen molar-refractivity contribution in [3.05, 3.63) is 33.9 Å². The highest BCUT2D eigenvalue weighted by Crippen LogP contribution is 2.29. The highest BCUT2D eigenvalue weighted by Gasteiger charge is 2.14. The summed E-state index contributed by atoms with van der Waals surface area (Å²) in [5.41, 5.74) is 0.942. The highest BCUT2D eigenvalue weighted by atomic mass is 32.2. The van der Waals surface area contributed by atoms with Gasteiger partial charge in [0.15, 0.2) is 0 Å². The third-order valence-electron chi connectivity index (χ3n) is 1.60. The maximum atomic E-state index is 10.6. The van der Waals surface area contributed by atoms with Crippen molar-refractivity contribution in [1.82, 2.24) is 0 Å². The Morgan fingerprint density at radius 1 is 1.50 bits per heavy atom. The standard InChI is InChI=1S/C8H9NO2S/c1-6-4-3-5-7(12-2)8(6)9(10)11/h3-5H,1-2H3. The second-order valence-corrected chi connectivity index (χ2v) is 3.23. The van der Waals surface area contributed by atoms with E-state index in [9.17, 15) is 10.1 Å². The van der Waals surface area contributed by atoms with Gasteiger partial charge in [0.05, 0.1) is 9.82 Å². The van der Waals surface area contributed by atoms with Gasteiger partial charge in [-0.05, 0) is 19.2 Å². The van der Waals surface area contributed by atoms with Crippen LogP contribution in [0.15, 0.2) is 23.1 Å². The first kappa shape index (κ1) is 9.06. The van der Waals surface area contributed by atoms with Crippen molar-refractivity contribution in [1.29, 1.82) is 0 Å². The molecule has 1 aromatic carbocycles. The van der Waals surface area contributed by atoms with Crippen molar-refractivity contribution in [2.24, 2.45) is 0 Å². The van der Waals surface area contributed by atoms with E-state index in [1.165, 1.54) is 11.8 Å². The third kappa shape index (κ3) is 1.58. The van der Waals surface area contributed by atoms with Gasteiger partial charge < -0.3 is 0 Å². The van der Waals surface area contributed by atoms with Crippen LogP contribution >= 0.6 is 11.8 Å². The van der Waals surface area contributed by atoms with Crippen molar-refractivity contribution in [2.45, 2.75) is 11.8 Å². The van der Waals surface area contributed by atoms with Crippen LogP contribution in [0.2, 0.25) is 0 Å². The van der Waals surface area contributed by atoms with E-state index in [1.807, 2.05) is 12.3 Å². The Labute approximate surface area is 74.9 Å². The van der Waals surface area contributed by atoms with Crippen LogP contribution in [-0.2, 0) is 0 Å². The maximum absolute atomic E-state index is 10.6. The normalized spacial score (nSPS) is 9.83. The van der Waals surface area contributed by atoms with E-state index >= 15 is 0 Å². The number of rotatable bonds is 2. The number of para-hydroxylation sites is 1. The summed E-state index contributed by atoms with van der Waals surface area (Å²) in [6, 6.07) is 5.34. The molecule has 12 heavy (non-hydrogen) atoms. The lowest BCUT2D eigenvalue weighted by molar-refractivity contribution is -0.388. The molecule has 0 saturated carbocycles. The number of hydrogen-bond donors (Lipinski definition) is 0. The number of aryl methyl sites for hydroxylation is 1. The minimum absolute atomic E-state index is 0.227. The molecule has 1 rings (SSSR count). The minimum Gasteiger partial charge on any atom is -0.258 e. The molecule has 0 amide bonds. The van der Waals surface area contributed by atoms with E-state index in [0.717, 1.165) is 4.90 Å². The van der Waals surface area contributed by atoms with E-state index in [1.54, 1.807) is 19.1 Å². The molecular weight excluding hydrogens is 174 g/mol. The summed E-state index contributed by atoms with van der Waals surface area (Å²) >= 11 is 1.40. The molecule has 0 heterocycles. The first-order valence-electron chi connectivity index (χ1n) is 3.45. The minimum atomic E-state index is -0.332. The van der Waals surface area contributed by atoms with E-state index in [4.69, 9.17) is 0 Å². The van der Waals surface area contributed by atoms with Gasteiger partial charge in [0.2, 0.25) is 0 Å². The molecule has 3 nitrogen and oxygen atoms in total. The first-order chi connectivity index (χ1) is 5.66. The topological polar surface area (TPSA) is 43.1 Å². The molecule has 0 saturated heterocycles. The summed E-state index contributed by atoms with van der Waals surface area (Å²) in [5.74, 6) is 0. The summed E-state index contributed by atoms with van der Waals surface area (Å²) in [7, 11) is 0. The Bertz CT molecular complexity index is 312. The van der Waals surface area contributed by atoms with Crippen molar-refractivity contribution < 1.29 is 4.92 Å². The smallest absolute Gasteiger partial charge is 0.258 e. The van der Waals surface area contributed by atoms with E-state index in [-0.39, 0.29) is 10.6 Å².